The molecule has 152 valence electrons. The zero-order chi connectivity index (χ0) is 21.6. The average Bonchev–Trinajstić information content (AvgIpc) is 2.70. The van der Waals surface area contributed by atoms with Gasteiger partial charge in [-0.15, -0.1) is 0 Å². The van der Waals surface area contributed by atoms with E-state index in [1.807, 2.05) is 0 Å². The third-order valence-electron chi connectivity index (χ3n) is 6.36. The summed E-state index contributed by atoms with van der Waals surface area (Å²) >= 11 is 0. The summed E-state index contributed by atoms with van der Waals surface area (Å²) in [5.74, 6) is 0.501. The highest BCUT2D eigenvalue weighted by molar-refractivity contribution is 6.02. The molecule has 0 aliphatic carbocycles. The van der Waals surface area contributed by atoms with E-state index >= 15 is 0 Å². The van der Waals surface area contributed by atoms with Gasteiger partial charge in [-0.1, -0.05) is 61.4 Å². The molecule has 3 aromatic carbocycles. The Kier molecular flexibility index (Phi) is 5.24. The molecular formula is C29H32N+. The molecule has 1 heteroatoms. The average molecular weight is 395 g/mol. The minimum absolute atomic E-state index is 0.501. The molecule has 0 saturated heterocycles. The van der Waals surface area contributed by atoms with E-state index in [9.17, 15) is 0 Å². The van der Waals surface area contributed by atoms with Crippen molar-refractivity contribution in [3.63, 3.8) is 0 Å². The van der Waals surface area contributed by atoms with Crippen LogP contribution in [0.4, 0.5) is 0 Å². The predicted molar refractivity (Wildman–Crippen MR) is 129 cm³/mol. The van der Waals surface area contributed by atoms with Crippen LogP contribution in [0.25, 0.3) is 33.2 Å². The van der Waals surface area contributed by atoms with E-state index in [4.69, 9.17) is 0 Å². The molecule has 0 spiro atoms. The molecule has 1 nitrogen and oxygen atoms in total. The molecule has 0 radical (unpaired) electrons. The van der Waals surface area contributed by atoms with E-state index < -0.39 is 0 Å². The van der Waals surface area contributed by atoms with Crippen LogP contribution in [-0.4, -0.2) is 0 Å². The number of aryl methyl sites for hydroxylation is 4. The maximum atomic E-state index is 2.40. The minimum Gasteiger partial charge on any atom is -0.200 e. The lowest BCUT2D eigenvalue weighted by molar-refractivity contribution is -0.658. The minimum atomic E-state index is 0.501. The Morgan fingerprint density at radius 2 is 1.40 bits per heavy atom. The van der Waals surface area contributed by atoms with Gasteiger partial charge in [0.05, 0.1) is 16.5 Å². The molecule has 4 rings (SSSR count). The summed E-state index contributed by atoms with van der Waals surface area (Å²) in [5.41, 5.74) is 11.9. The fraction of sp³-hybridized carbons (Fsp3) is 0.276. The first-order chi connectivity index (χ1) is 14.3. The molecule has 0 aliphatic heterocycles. The summed E-state index contributed by atoms with van der Waals surface area (Å²) in [7, 11) is 2.18. The number of aromatic nitrogens is 1. The maximum Gasteiger partial charge on any atom is 0.220 e. The number of rotatable bonds is 3. The summed E-state index contributed by atoms with van der Waals surface area (Å²) in [6, 6.07) is 20.5. The van der Waals surface area contributed by atoms with Gasteiger partial charge in [0.25, 0.3) is 0 Å². The Morgan fingerprint density at radius 3 is 2.07 bits per heavy atom. The molecule has 0 atom stereocenters. The first-order valence-electron chi connectivity index (χ1n) is 10.9. The van der Waals surface area contributed by atoms with Crippen molar-refractivity contribution in [2.45, 2.75) is 47.5 Å². The van der Waals surface area contributed by atoms with Gasteiger partial charge >= 0.3 is 0 Å². The van der Waals surface area contributed by atoms with E-state index in [1.54, 1.807) is 0 Å². The van der Waals surface area contributed by atoms with Gasteiger partial charge in [-0.25, -0.2) is 0 Å². The fourth-order valence-corrected chi connectivity index (χ4v) is 4.45. The van der Waals surface area contributed by atoms with Gasteiger partial charge in [-0.3, -0.25) is 0 Å². The van der Waals surface area contributed by atoms with Crippen molar-refractivity contribution in [3.8, 4) is 22.4 Å². The van der Waals surface area contributed by atoms with E-state index in [2.05, 4.69) is 114 Å². The van der Waals surface area contributed by atoms with Gasteiger partial charge in [0.15, 0.2) is 6.20 Å². The topological polar surface area (TPSA) is 3.88 Å². The zero-order valence-electron chi connectivity index (χ0n) is 19.3. The Hall–Kier alpha value is -2.93. The van der Waals surface area contributed by atoms with Crippen molar-refractivity contribution in [2.24, 2.45) is 7.05 Å². The summed E-state index contributed by atoms with van der Waals surface area (Å²) in [6.45, 7) is 13.3. The predicted octanol–water partition coefficient (Wildman–Crippen LogP) is 7.36. The van der Waals surface area contributed by atoms with Crippen LogP contribution in [0.1, 0.15) is 47.6 Å². The SMILES string of the molecule is Cc1ccc(-c2c[n+](C)c(-c3cc(C)cc(C)c3C)c3ccc(C(C)C)cc23)cc1. The quantitative estimate of drug-likeness (QED) is 0.320. The number of fused-ring (bicyclic) bond motifs is 1. The number of pyridine rings is 1. The molecule has 0 amide bonds. The second-order valence-corrected chi connectivity index (χ2v) is 9.08. The van der Waals surface area contributed by atoms with Gasteiger partial charge in [0, 0.05) is 5.39 Å². The zero-order valence-corrected chi connectivity index (χ0v) is 19.3. The second-order valence-electron chi connectivity index (χ2n) is 9.08. The van der Waals surface area contributed by atoms with E-state index in [0.29, 0.717) is 5.92 Å². The van der Waals surface area contributed by atoms with Crippen molar-refractivity contribution < 1.29 is 4.57 Å². The van der Waals surface area contributed by atoms with Crippen molar-refractivity contribution in [1.82, 2.24) is 0 Å². The summed E-state index contributed by atoms with van der Waals surface area (Å²) < 4.78 is 2.31. The molecule has 1 heterocycles. The van der Waals surface area contributed by atoms with E-state index in [1.165, 1.54) is 61.0 Å². The third-order valence-corrected chi connectivity index (χ3v) is 6.36. The summed E-state index contributed by atoms with van der Waals surface area (Å²) in [6.07, 6.45) is 2.31. The highest BCUT2D eigenvalue weighted by atomic mass is 14.9. The Labute approximate surface area is 181 Å². The first kappa shape index (κ1) is 20.3. The number of nitrogens with zero attached hydrogens (tertiary/aromatic N) is 1. The van der Waals surface area contributed by atoms with Crippen molar-refractivity contribution in [1.29, 1.82) is 0 Å². The molecule has 30 heavy (non-hydrogen) atoms. The number of hydrogen-bond acceptors (Lipinski definition) is 0. The Bertz CT molecular complexity index is 1240. The van der Waals surface area contributed by atoms with Crippen LogP contribution in [0.3, 0.4) is 0 Å². The lowest BCUT2D eigenvalue weighted by atomic mass is 9.90. The molecule has 4 aromatic rings. The molecule has 0 saturated carbocycles. The first-order valence-corrected chi connectivity index (χ1v) is 10.9. The fourth-order valence-electron chi connectivity index (χ4n) is 4.45. The molecule has 0 aliphatic rings. The Balaban J connectivity index is 2.11. The molecule has 0 fully saturated rings. The second kappa shape index (κ2) is 7.72. The molecule has 0 bridgehead atoms. The lowest BCUT2D eigenvalue weighted by Gasteiger charge is -2.15. The highest BCUT2D eigenvalue weighted by Crippen LogP contribution is 2.36. The summed E-state index contributed by atoms with van der Waals surface area (Å²) in [5, 5.41) is 2.64. The van der Waals surface area contributed by atoms with Crippen molar-refractivity contribution >= 4 is 10.8 Å². The van der Waals surface area contributed by atoms with Crippen LogP contribution in [0, 0.1) is 27.7 Å². The standard InChI is InChI=1S/C29H32N/c1-18(2)24-12-13-25-27(16-24)28(23-10-8-19(3)9-11-23)17-30(7)29(25)26-15-20(4)14-21(5)22(26)6/h8-18H,1-7H3/q+1. The van der Waals surface area contributed by atoms with Crippen LogP contribution >= 0.6 is 0 Å². The highest BCUT2D eigenvalue weighted by Gasteiger charge is 2.22. The largest absolute Gasteiger partial charge is 0.220 e. The molecule has 0 unspecified atom stereocenters. The van der Waals surface area contributed by atoms with Crippen LogP contribution in [0.15, 0.2) is 60.8 Å². The van der Waals surface area contributed by atoms with Crippen LogP contribution < -0.4 is 4.57 Å². The molecular weight excluding hydrogens is 362 g/mol. The number of hydrogen-bond donors (Lipinski definition) is 0. The summed E-state index contributed by atoms with van der Waals surface area (Å²) in [4.78, 5) is 0. The van der Waals surface area contributed by atoms with Crippen LogP contribution in [0.2, 0.25) is 0 Å². The molecule has 1 aromatic heterocycles. The van der Waals surface area contributed by atoms with Crippen LogP contribution in [0.5, 0.6) is 0 Å². The third kappa shape index (κ3) is 3.54. The van der Waals surface area contributed by atoms with Crippen molar-refractivity contribution in [2.75, 3.05) is 0 Å². The Morgan fingerprint density at radius 1 is 0.700 bits per heavy atom. The van der Waals surface area contributed by atoms with Gasteiger partial charge in [-0.05, 0) is 74.1 Å². The van der Waals surface area contributed by atoms with E-state index in [0.717, 1.165) is 0 Å². The van der Waals surface area contributed by atoms with E-state index in [-0.39, 0.29) is 0 Å². The smallest absolute Gasteiger partial charge is 0.200 e. The normalized spacial score (nSPS) is 11.5. The number of benzene rings is 3. The maximum absolute atomic E-state index is 2.40. The van der Waals surface area contributed by atoms with Gasteiger partial charge in [0.1, 0.15) is 7.05 Å². The lowest BCUT2D eigenvalue weighted by Crippen LogP contribution is -2.31. The van der Waals surface area contributed by atoms with Gasteiger partial charge in [0.2, 0.25) is 5.69 Å². The molecule has 0 N–H and O–H groups in total. The van der Waals surface area contributed by atoms with Crippen molar-refractivity contribution in [3.05, 3.63) is 88.6 Å². The van der Waals surface area contributed by atoms with Crippen LogP contribution in [-0.2, 0) is 7.05 Å². The van der Waals surface area contributed by atoms with Gasteiger partial charge < -0.3 is 0 Å². The monoisotopic (exact) mass is 394 g/mol. The van der Waals surface area contributed by atoms with Gasteiger partial charge in [-0.2, -0.15) is 4.57 Å².